The van der Waals surface area contributed by atoms with Crippen molar-refractivity contribution in [3.05, 3.63) is 183 Å². The van der Waals surface area contributed by atoms with E-state index in [2.05, 4.69) is 130 Å². The number of para-hydroxylation sites is 1. The van der Waals surface area contributed by atoms with Crippen molar-refractivity contribution in [2.45, 2.75) is 0 Å². The third-order valence-corrected chi connectivity index (χ3v) is 10.5. The quantitative estimate of drug-likeness (QED) is 0.169. The minimum atomic E-state index is 0.800. The molecule has 0 saturated heterocycles. The molecule has 0 radical (unpaired) electrons. The van der Waals surface area contributed by atoms with Crippen LogP contribution in [0.25, 0.3) is 88.3 Å². The van der Waals surface area contributed by atoms with Gasteiger partial charge in [-0.2, -0.15) is 0 Å². The largest absolute Gasteiger partial charge is 0.454 e. The normalized spacial score (nSPS) is 11.6. The third-order valence-electron chi connectivity index (χ3n) is 10.5. The van der Waals surface area contributed by atoms with Gasteiger partial charge in [-0.1, -0.05) is 72.8 Å². The third kappa shape index (κ3) is 5.49. The summed E-state index contributed by atoms with van der Waals surface area (Å²) < 4.78 is 6.33. The average molecular weight is 719 g/mol. The van der Waals surface area contributed by atoms with Gasteiger partial charge in [-0.25, -0.2) is 0 Å². The number of nitrogens with zero attached hydrogens (tertiary/aromatic N) is 6. The van der Waals surface area contributed by atoms with Crippen LogP contribution in [0.1, 0.15) is 0 Å². The summed E-state index contributed by atoms with van der Waals surface area (Å²) in [7, 11) is 0. The van der Waals surface area contributed by atoms with Crippen LogP contribution in [0.5, 0.6) is 0 Å². The highest BCUT2D eigenvalue weighted by Gasteiger charge is 2.17. The molecule has 0 atom stereocenters. The van der Waals surface area contributed by atoms with Gasteiger partial charge in [-0.15, -0.1) is 0 Å². The lowest BCUT2D eigenvalue weighted by atomic mass is 10.0. The van der Waals surface area contributed by atoms with E-state index in [0.717, 1.165) is 105 Å². The monoisotopic (exact) mass is 718 g/mol. The van der Waals surface area contributed by atoms with Crippen LogP contribution in [-0.2, 0) is 0 Å². The summed E-state index contributed by atoms with van der Waals surface area (Å²) in [6, 6.07) is 52.6. The fraction of sp³-hybridized carbons (Fsp3) is 0. The van der Waals surface area contributed by atoms with Gasteiger partial charge in [-0.3, -0.25) is 24.9 Å². The molecule has 0 amide bonds. The minimum absolute atomic E-state index is 0.800. The Hall–Kier alpha value is -7.77. The van der Waals surface area contributed by atoms with E-state index in [9.17, 15) is 0 Å². The number of pyridine rings is 5. The Morgan fingerprint density at radius 2 is 0.982 bits per heavy atom. The SMILES string of the molecule is c1cnc2cnc(-c3ccc(N(c4ccc(-c5cc6cccnc6cn5)cc4)c4ccc5cc(-c6nccc7c6oc6ccccc67)ccc5c4)cc3)cc2c1. The highest BCUT2D eigenvalue weighted by Crippen LogP contribution is 2.40. The number of hydrogen-bond donors (Lipinski definition) is 0. The number of rotatable bonds is 6. The number of furan rings is 1. The van der Waals surface area contributed by atoms with E-state index in [-0.39, 0.29) is 0 Å². The second-order valence-electron chi connectivity index (χ2n) is 13.8. The van der Waals surface area contributed by atoms with Crippen LogP contribution in [0, 0.1) is 0 Å². The van der Waals surface area contributed by atoms with Gasteiger partial charge in [0.2, 0.25) is 0 Å². The molecule has 11 rings (SSSR count). The molecular weight excluding hydrogens is 689 g/mol. The fourth-order valence-corrected chi connectivity index (χ4v) is 7.65. The second kappa shape index (κ2) is 13.0. The summed E-state index contributed by atoms with van der Waals surface area (Å²) in [4.78, 5) is 25.4. The Morgan fingerprint density at radius 3 is 1.66 bits per heavy atom. The summed E-state index contributed by atoms with van der Waals surface area (Å²) in [6.07, 6.45) is 9.12. The molecule has 0 aliphatic carbocycles. The van der Waals surface area contributed by atoms with E-state index in [0.29, 0.717) is 0 Å². The van der Waals surface area contributed by atoms with Gasteiger partial charge in [0, 0.05) is 73.9 Å². The van der Waals surface area contributed by atoms with Gasteiger partial charge < -0.3 is 9.32 Å². The lowest BCUT2D eigenvalue weighted by Gasteiger charge is -2.26. The number of hydrogen-bond acceptors (Lipinski definition) is 7. The summed E-state index contributed by atoms with van der Waals surface area (Å²) in [5.74, 6) is 0. The minimum Gasteiger partial charge on any atom is -0.454 e. The molecule has 6 aromatic heterocycles. The van der Waals surface area contributed by atoms with Gasteiger partial charge in [0.05, 0.1) is 34.8 Å². The molecule has 0 aliphatic heterocycles. The van der Waals surface area contributed by atoms with Crippen LogP contribution >= 0.6 is 0 Å². The summed E-state index contributed by atoms with van der Waals surface area (Å²) >= 11 is 0. The van der Waals surface area contributed by atoms with E-state index < -0.39 is 0 Å². The Labute approximate surface area is 321 Å². The van der Waals surface area contributed by atoms with E-state index in [1.165, 1.54) is 0 Å². The zero-order valence-electron chi connectivity index (χ0n) is 29.9. The number of fused-ring (bicyclic) bond motifs is 6. The molecular formula is C49H30N6O. The number of anilines is 3. The molecule has 7 heteroatoms. The molecule has 0 fully saturated rings. The van der Waals surface area contributed by atoms with Crippen molar-refractivity contribution in [2.24, 2.45) is 0 Å². The van der Waals surface area contributed by atoms with E-state index in [1.54, 1.807) is 12.4 Å². The van der Waals surface area contributed by atoms with Crippen LogP contribution in [0.15, 0.2) is 187 Å². The molecule has 0 unspecified atom stereocenters. The zero-order valence-corrected chi connectivity index (χ0v) is 29.9. The fourth-order valence-electron chi connectivity index (χ4n) is 7.65. The van der Waals surface area contributed by atoms with Gasteiger partial charge >= 0.3 is 0 Å². The molecule has 0 bridgehead atoms. The molecule has 11 aromatic rings. The maximum atomic E-state index is 6.33. The van der Waals surface area contributed by atoms with Crippen LogP contribution in [-0.4, -0.2) is 24.9 Å². The maximum Gasteiger partial charge on any atom is 0.161 e. The molecule has 0 saturated carbocycles. The first kappa shape index (κ1) is 31.7. The van der Waals surface area contributed by atoms with E-state index in [1.807, 2.05) is 55.0 Å². The van der Waals surface area contributed by atoms with Crippen molar-refractivity contribution in [3.63, 3.8) is 0 Å². The van der Waals surface area contributed by atoms with Crippen LogP contribution < -0.4 is 4.90 Å². The lowest BCUT2D eigenvalue weighted by Crippen LogP contribution is -2.10. The Balaban J connectivity index is 0.987. The standard InChI is InChI=1S/C49H30N6O/c1-2-8-47-41(7-1)42-21-24-52-48(49(42)56-47)37-10-9-34-26-40(20-15-33(34)25-37)55(38-16-11-31(12-17-38)43-27-35-5-3-22-50-45(35)29-53-43)39-18-13-32(14-19-39)44-28-36-6-4-23-51-46(36)30-54-44/h1-30H. The van der Waals surface area contributed by atoms with Crippen molar-refractivity contribution in [1.29, 1.82) is 0 Å². The Morgan fingerprint density at radius 1 is 0.393 bits per heavy atom. The van der Waals surface area contributed by atoms with Crippen molar-refractivity contribution in [2.75, 3.05) is 4.90 Å². The molecule has 0 spiro atoms. The number of aromatic nitrogens is 5. The first-order valence-corrected chi connectivity index (χ1v) is 18.4. The molecule has 262 valence electrons. The van der Waals surface area contributed by atoms with Gasteiger partial charge in [-0.05, 0) is 89.6 Å². The Bertz CT molecular complexity index is 3140. The van der Waals surface area contributed by atoms with Crippen LogP contribution in [0.2, 0.25) is 0 Å². The van der Waals surface area contributed by atoms with E-state index in [4.69, 9.17) is 19.4 Å². The summed E-state index contributed by atoms with van der Waals surface area (Å²) in [5, 5.41) is 6.50. The van der Waals surface area contributed by atoms with Gasteiger partial charge in [0.25, 0.3) is 0 Å². The number of benzene rings is 5. The summed E-state index contributed by atoms with van der Waals surface area (Å²) in [6.45, 7) is 0. The van der Waals surface area contributed by atoms with Crippen molar-refractivity contribution in [3.8, 4) is 33.8 Å². The topological polar surface area (TPSA) is 80.8 Å². The van der Waals surface area contributed by atoms with Gasteiger partial charge in [0.15, 0.2) is 5.58 Å². The summed E-state index contributed by atoms with van der Waals surface area (Å²) in [5.41, 5.74) is 12.2. The second-order valence-corrected chi connectivity index (χ2v) is 13.8. The highest BCUT2D eigenvalue weighted by atomic mass is 16.3. The molecule has 7 nitrogen and oxygen atoms in total. The first-order valence-electron chi connectivity index (χ1n) is 18.4. The Kier molecular flexibility index (Phi) is 7.35. The lowest BCUT2D eigenvalue weighted by molar-refractivity contribution is 0.668. The molecule has 6 heterocycles. The molecule has 0 N–H and O–H groups in total. The molecule has 0 aliphatic rings. The van der Waals surface area contributed by atoms with E-state index >= 15 is 0 Å². The predicted octanol–water partition coefficient (Wildman–Crippen LogP) is 12.5. The van der Waals surface area contributed by atoms with Gasteiger partial charge in [0.1, 0.15) is 11.3 Å². The van der Waals surface area contributed by atoms with Crippen LogP contribution in [0.3, 0.4) is 0 Å². The highest BCUT2D eigenvalue weighted by molar-refractivity contribution is 6.09. The average Bonchev–Trinajstić information content (AvgIpc) is 3.66. The predicted molar refractivity (Wildman–Crippen MR) is 226 cm³/mol. The zero-order chi connectivity index (χ0) is 37.0. The van der Waals surface area contributed by atoms with Crippen molar-refractivity contribution < 1.29 is 4.42 Å². The maximum absolute atomic E-state index is 6.33. The first-order chi connectivity index (χ1) is 27.7. The van der Waals surface area contributed by atoms with Crippen LogP contribution in [0.4, 0.5) is 17.1 Å². The van der Waals surface area contributed by atoms with Crippen molar-refractivity contribution in [1.82, 2.24) is 24.9 Å². The molecule has 5 aromatic carbocycles. The smallest absolute Gasteiger partial charge is 0.161 e. The molecule has 56 heavy (non-hydrogen) atoms. The van der Waals surface area contributed by atoms with Crippen molar-refractivity contribution >= 4 is 71.6 Å².